The van der Waals surface area contributed by atoms with Crippen molar-refractivity contribution in [1.82, 2.24) is 4.90 Å². The van der Waals surface area contributed by atoms with Crippen LogP contribution in [0.1, 0.15) is 60.3 Å². The van der Waals surface area contributed by atoms with E-state index in [4.69, 9.17) is 0 Å². The second-order valence-electron chi connectivity index (χ2n) is 5.72. The van der Waals surface area contributed by atoms with E-state index in [1.165, 1.54) is 38.8 Å². The van der Waals surface area contributed by atoms with Gasteiger partial charge >= 0.3 is 118 Å². The Morgan fingerprint density at radius 2 is 1.41 bits per heavy atom. The fourth-order valence-corrected chi connectivity index (χ4v) is 12.0. The van der Waals surface area contributed by atoms with Crippen molar-refractivity contribution in [3.8, 4) is 0 Å². The van der Waals surface area contributed by atoms with Crippen LogP contribution in [-0.4, -0.2) is 45.5 Å². The van der Waals surface area contributed by atoms with Gasteiger partial charge in [-0.25, -0.2) is 0 Å². The summed E-state index contributed by atoms with van der Waals surface area (Å²) >= 11 is -1.07. The number of hydrogen-bond donors (Lipinski definition) is 0. The van der Waals surface area contributed by atoms with Gasteiger partial charge < -0.3 is 0 Å². The van der Waals surface area contributed by atoms with Gasteiger partial charge in [0.2, 0.25) is 0 Å². The Kier molecular flexibility index (Phi) is 12.5. The van der Waals surface area contributed by atoms with Crippen molar-refractivity contribution in [2.75, 3.05) is 13.1 Å². The summed E-state index contributed by atoms with van der Waals surface area (Å²) in [5.41, 5.74) is 0. The van der Waals surface area contributed by atoms with Crippen molar-refractivity contribution in [2.45, 2.75) is 78.9 Å². The van der Waals surface area contributed by atoms with Crippen LogP contribution in [0, 0.1) is 0 Å². The zero-order chi connectivity index (χ0) is 13.1. The number of nitrogens with zero attached hydrogens (tertiary/aromatic N) is 1. The Hall–Kier alpha value is 0.830. The summed E-state index contributed by atoms with van der Waals surface area (Å²) in [5.74, 6) is 0. The first-order valence-electron chi connectivity index (χ1n) is 7.89. The molecule has 0 radical (unpaired) electrons. The molecule has 0 atom stereocenters. The molecule has 0 spiro atoms. The van der Waals surface area contributed by atoms with E-state index >= 15 is 0 Å². The Balaban J connectivity index is 3.82. The van der Waals surface area contributed by atoms with Crippen LogP contribution in [0.5, 0.6) is 0 Å². The average molecular weight is 343 g/mol. The molecule has 0 saturated carbocycles. The monoisotopic (exact) mass is 343 g/mol. The predicted molar refractivity (Wildman–Crippen MR) is 82.4 cm³/mol. The zero-order valence-corrected chi connectivity index (χ0v) is 16.3. The van der Waals surface area contributed by atoms with Crippen molar-refractivity contribution in [3.63, 3.8) is 0 Å². The molecule has 0 fully saturated rings. The van der Waals surface area contributed by atoms with Gasteiger partial charge in [0.1, 0.15) is 0 Å². The molecule has 0 heterocycles. The van der Waals surface area contributed by atoms with Gasteiger partial charge in [-0.2, -0.15) is 0 Å². The zero-order valence-electron chi connectivity index (χ0n) is 13.0. The molecule has 0 unspecified atom stereocenters. The Labute approximate surface area is 118 Å². The molecule has 0 aromatic carbocycles. The fraction of sp³-hybridized carbons (Fsp3) is 1.00. The van der Waals surface area contributed by atoms with Crippen molar-refractivity contribution in [2.24, 2.45) is 0 Å². The first-order valence-corrected chi connectivity index (χ1v) is 14.9. The summed E-state index contributed by atoms with van der Waals surface area (Å²) in [6, 6.07) is 0.737. The molecule has 0 N–H and O–H groups in total. The summed E-state index contributed by atoms with van der Waals surface area (Å²) in [7, 11) is 0. The third-order valence-electron chi connectivity index (χ3n) is 3.69. The summed E-state index contributed by atoms with van der Waals surface area (Å²) in [5, 5.41) is 0. The molecular formula is C15H34InN. The molecule has 0 aliphatic heterocycles. The van der Waals surface area contributed by atoms with Gasteiger partial charge in [0.15, 0.2) is 0 Å². The van der Waals surface area contributed by atoms with E-state index in [0.29, 0.717) is 0 Å². The van der Waals surface area contributed by atoms with Crippen molar-refractivity contribution in [1.29, 1.82) is 0 Å². The average Bonchev–Trinajstić information content (AvgIpc) is 2.28. The molecule has 0 aliphatic carbocycles. The summed E-state index contributed by atoms with van der Waals surface area (Å²) in [6.07, 6.45) is 5.68. The molecule has 0 aromatic heterocycles. The first-order chi connectivity index (χ1) is 8.15. The van der Waals surface area contributed by atoms with Gasteiger partial charge in [-0.05, 0) is 0 Å². The molecule has 0 bridgehead atoms. The molecule has 17 heavy (non-hydrogen) atoms. The van der Waals surface area contributed by atoms with E-state index in [1.807, 2.05) is 0 Å². The quantitative estimate of drug-likeness (QED) is 0.520. The topological polar surface area (TPSA) is 3.24 Å². The van der Waals surface area contributed by atoms with Crippen LogP contribution in [-0.2, 0) is 0 Å². The predicted octanol–water partition coefficient (Wildman–Crippen LogP) is 4.81. The second kappa shape index (κ2) is 11.9. The molecule has 1 nitrogen and oxygen atoms in total. The van der Waals surface area contributed by atoms with Crippen molar-refractivity contribution in [3.05, 3.63) is 0 Å². The van der Waals surface area contributed by atoms with E-state index in [0.717, 1.165) is 6.04 Å². The van der Waals surface area contributed by atoms with Gasteiger partial charge in [-0.15, -0.1) is 0 Å². The summed E-state index contributed by atoms with van der Waals surface area (Å²) in [6.45, 7) is 14.4. The van der Waals surface area contributed by atoms with E-state index in [1.54, 1.807) is 12.5 Å². The SMILES string of the molecule is CCCN(CC[CH2][In]([CH2]CC)[CH2]CC)C(C)C. The third-order valence-corrected chi connectivity index (χ3v) is 15.1. The van der Waals surface area contributed by atoms with Crippen LogP contribution in [0.4, 0.5) is 0 Å². The van der Waals surface area contributed by atoms with Gasteiger partial charge in [0.05, 0.1) is 0 Å². The van der Waals surface area contributed by atoms with Crippen LogP contribution in [0.2, 0.25) is 12.5 Å². The fourth-order valence-electron chi connectivity index (χ4n) is 2.75. The Morgan fingerprint density at radius 1 is 0.824 bits per heavy atom. The van der Waals surface area contributed by atoms with E-state index < -0.39 is 21.4 Å². The standard InChI is InChI=1S/C9H20N.2C3H7.In/c1-5-7-10(8-6-2)9(3)4;2*1-3-2;/h9H,1,5-8H2,2-4H3;2*1,3H2,2H3;. The summed E-state index contributed by atoms with van der Waals surface area (Å²) < 4.78 is 4.94. The molecule has 0 rings (SSSR count). The number of rotatable bonds is 11. The van der Waals surface area contributed by atoms with Gasteiger partial charge in [0, 0.05) is 0 Å². The molecule has 102 valence electrons. The number of hydrogen-bond acceptors (Lipinski definition) is 1. The Morgan fingerprint density at radius 3 is 1.82 bits per heavy atom. The minimum atomic E-state index is -1.07. The van der Waals surface area contributed by atoms with Crippen LogP contribution in [0.15, 0.2) is 0 Å². The van der Waals surface area contributed by atoms with E-state index in [2.05, 4.69) is 39.5 Å². The minimum absolute atomic E-state index is 0.737. The van der Waals surface area contributed by atoms with Crippen LogP contribution in [0.3, 0.4) is 0 Å². The normalized spacial score (nSPS) is 11.5. The molecule has 0 aromatic rings. The molecule has 0 saturated heterocycles. The molecule has 0 aliphatic rings. The molecular weight excluding hydrogens is 309 g/mol. The first kappa shape index (κ1) is 17.8. The van der Waals surface area contributed by atoms with Gasteiger partial charge in [-0.1, -0.05) is 0 Å². The Bertz CT molecular complexity index is 153. The maximum absolute atomic E-state index is 2.67. The maximum atomic E-state index is 2.67. The van der Waals surface area contributed by atoms with E-state index in [9.17, 15) is 0 Å². The summed E-state index contributed by atoms with van der Waals surface area (Å²) in [4.78, 5) is 2.67. The van der Waals surface area contributed by atoms with Crippen LogP contribution < -0.4 is 0 Å². The molecule has 0 amide bonds. The molecule has 2 heteroatoms. The van der Waals surface area contributed by atoms with Gasteiger partial charge in [-0.3, -0.25) is 0 Å². The van der Waals surface area contributed by atoms with Crippen molar-refractivity contribution < 1.29 is 0 Å². The third kappa shape index (κ3) is 9.41. The van der Waals surface area contributed by atoms with Crippen molar-refractivity contribution >= 4 is 21.4 Å². The van der Waals surface area contributed by atoms with Crippen LogP contribution in [0.25, 0.3) is 0 Å². The van der Waals surface area contributed by atoms with Gasteiger partial charge in [0.25, 0.3) is 0 Å². The van der Waals surface area contributed by atoms with E-state index in [-0.39, 0.29) is 0 Å². The van der Waals surface area contributed by atoms with Crippen LogP contribution >= 0.6 is 0 Å². The second-order valence-corrected chi connectivity index (χ2v) is 15.6.